The molecule has 1 fully saturated rings. The second-order valence-corrected chi connectivity index (χ2v) is 7.30. The number of hydrogen-bond acceptors (Lipinski definition) is 5. The van der Waals surface area contributed by atoms with Gasteiger partial charge in [-0.25, -0.2) is 9.99 Å². The van der Waals surface area contributed by atoms with Crippen LogP contribution in [-0.2, 0) is 4.79 Å². The average molecular weight is 319 g/mol. The van der Waals surface area contributed by atoms with Gasteiger partial charge in [0, 0.05) is 43.5 Å². The molecule has 128 valence electrons. The van der Waals surface area contributed by atoms with Gasteiger partial charge in [-0.05, 0) is 51.5 Å². The summed E-state index contributed by atoms with van der Waals surface area (Å²) in [4.78, 5) is 16.7. The lowest BCUT2D eigenvalue weighted by Crippen LogP contribution is -2.43. The van der Waals surface area contributed by atoms with E-state index in [1.54, 1.807) is 6.20 Å². The van der Waals surface area contributed by atoms with Crippen LogP contribution in [0.1, 0.15) is 39.5 Å². The zero-order valence-corrected chi connectivity index (χ0v) is 14.6. The fourth-order valence-corrected chi connectivity index (χ4v) is 3.14. The van der Waals surface area contributed by atoms with Crippen LogP contribution in [0.15, 0.2) is 18.3 Å². The van der Waals surface area contributed by atoms with Gasteiger partial charge in [-0.15, -0.1) is 0 Å². The fourth-order valence-electron chi connectivity index (χ4n) is 3.14. The molecule has 0 bridgehead atoms. The minimum absolute atomic E-state index is 0.0759. The Morgan fingerprint density at radius 2 is 1.96 bits per heavy atom. The first-order valence-electron chi connectivity index (χ1n) is 8.25. The number of nitrogens with two attached hydrogens (primary N) is 1. The summed E-state index contributed by atoms with van der Waals surface area (Å²) in [5, 5.41) is 4.82. The van der Waals surface area contributed by atoms with E-state index in [1.807, 2.05) is 31.2 Å². The molecule has 6 nitrogen and oxygen atoms in total. The molecule has 6 heteroatoms. The lowest BCUT2D eigenvalue weighted by atomic mass is 9.73. The molecular formula is C17H29N5O. The van der Waals surface area contributed by atoms with Gasteiger partial charge in [0.05, 0.1) is 0 Å². The quantitative estimate of drug-likeness (QED) is 0.726. The van der Waals surface area contributed by atoms with Gasteiger partial charge >= 0.3 is 0 Å². The Labute approximate surface area is 138 Å². The molecule has 1 saturated carbocycles. The van der Waals surface area contributed by atoms with Crippen LogP contribution in [-0.4, -0.2) is 35.5 Å². The van der Waals surface area contributed by atoms with Gasteiger partial charge in [0.2, 0.25) is 5.91 Å². The molecule has 0 radical (unpaired) electrons. The van der Waals surface area contributed by atoms with Crippen molar-refractivity contribution in [1.29, 1.82) is 0 Å². The smallest absolute Gasteiger partial charge is 0.227 e. The zero-order valence-electron chi connectivity index (χ0n) is 14.6. The number of rotatable bonds is 5. The topological polar surface area (TPSA) is 83.3 Å². The lowest BCUT2D eigenvalue weighted by Gasteiger charge is -2.36. The number of hydrogen-bond donors (Lipinski definition) is 3. The van der Waals surface area contributed by atoms with Gasteiger partial charge in [-0.3, -0.25) is 4.79 Å². The standard InChI is InChI=1S/C17H29N5O/c1-17(2,18)13-7-5-12(6-8-13)16(23)20-14-9-10-19-15(11-14)21-22(3)4/h9-13H,5-8,18H2,1-4H3,(H2,19,20,21,23). The summed E-state index contributed by atoms with van der Waals surface area (Å²) in [5.74, 6) is 1.39. The highest BCUT2D eigenvalue weighted by Crippen LogP contribution is 2.34. The second-order valence-electron chi connectivity index (χ2n) is 7.30. The van der Waals surface area contributed by atoms with E-state index in [9.17, 15) is 4.79 Å². The Hall–Kier alpha value is -1.66. The summed E-state index contributed by atoms with van der Waals surface area (Å²) >= 11 is 0. The first kappa shape index (κ1) is 17.7. The number of aromatic nitrogens is 1. The van der Waals surface area contributed by atoms with Crippen molar-refractivity contribution in [2.45, 2.75) is 45.1 Å². The highest BCUT2D eigenvalue weighted by molar-refractivity contribution is 5.92. The first-order valence-corrected chi connectivity index (χ1v) is 8.25. The van der Waals surface area contributed by atoms with E-state index in [0.29, 0.717) is 11.7 Å². The van der Waals surface area contributed by atoms with Gasteiger partial charge in [-0.1, -0.05) is 0 Å². The summed E-state index contributed by atoms with van der Waals surface area (Å²) < 4.78 is 0. The van der Waals surface area contributed by atoms with Gasteiger partial charge in [0.15, 0.2) is 0 Å². The van der Waals surface area contributed by atoms with Crippen LogP contribution in [0.3, 0.4) is 0 Å². The van der Waals surface area contributed by atoms with E-state index in [1.165, 1.54) is 0 Å². The Morgan fingerprint density at radius 3 is 2.52 bits per heavy atom. The largest absolute Gasteiger partial charge is 0.326 e. The monoisotopic (exact) mass is 319 g/mol. The van der Waals surface area contributed by atoms with E-state index in [2.05, 4.69) is 29.6 Å². The predicted octanol–water partition coefficient (Wildman–Crippen LogP) is 2.45. The van der Waals surface area contributed by atoms with Crippen LogP contribution >= 0.6 is 0 Å². The van der Waals surface area contributed by atoms with Crippen molar-refractivity contribution >= 4 is 17.4 Å². The van der Waals surface area contributed by atoms with Crippen molar-refractivity contribution in [2.24, 2.45) is 17.6 Å². The third-order valence-corrected chi connectivity index (χ3v) is 4.52. The summed E-state index contributed by atoms with van der Waals surface area (Å²) in [6, 6.07) is 3.65. The second kappa shape index (κ2) is 7.27. The summed E-state index contributed by atoms with van der Waals surface area (Å²) in [6.45, 7) is 4.16. The third-order valence-electron chi connectivity index (χ3n) is 4.52. The molecule has 0 saturated heterocycles. The molecule has 0 aromatic carbocycles. The van der Waals surface area contributed by atoms with E-state index < -0.39 is 0 Å². The summed E-state index contributed by atoms with van der Waals surface area (Å²) in [6.07, 6.45) is 5.54. The van der Waals surface area contributed by atoms with Crippen molar-refractivity contribution in [3.8, 4) is 0 Å². The van der Waals surface area contributed by atoms with Crippen LogP contribution in [0.2, 0.25) is 0 Å². The van der Waals surface area contributed by atoms with Crippen molar-refractivity contribution < 1.29 is 4.79 Å². The maximum Gasteiger partial charge on any atom is 0.227 e. The molecule has 0 unspecified atom stereocenters. The number of anilines is 2. The van der Waals surface area contributed by atoms with Crippen LogP contribution < -0.4 is 16.5 Å². The average Bonchev–Trinajstić information content (AvgIpc) is 2.46. The van der Waals surface area contributed by atoms with Crippen LogP contribution in [0.5, 0.6) is 0 Å². The molecule has 1 heterocycles. The van der Waals surface area contributed by atoms with Crippen LogP contribution in [0.4, 0.5) is 11.5 Å². The van der Waals surface area contributed by atoms with Crippen molar-refractivity contribution in [3.05, 3.63) is 18.3 Å². The first-order chi connectivity index (χ1) is 10.8. The Balaban J connectivity index is 1.90. The Kier molecular flexibility index (Phi) is 5.59. The highest BCUT2D eigenvalue weighted by atomic mass is 16.1. The molecular weight excluding hydrogens is 290 g/mol. The molecule has 1 amide bonds. The van der Waals surface area contributed by atoms with E-state index in [4.69, 9.17) is 5.73 Å². The van der Waals surface area contributed by atoms with Crippen molar-refractivity contribution in [1.82, 2.24) is 9.99 Å². The predicted molar refractivity (Wildman–Crippen MR) is 93.9 cm³/mol. The maximum absolute atomic E-state index is 12.5. The van der Waals surface area contributed by atoms with Gasteiger partial charge in [0.25, 0.3) is 0 Å². The highest BCUT2D eigenvalue weighted by Gasteiger charge is 2.32. The molecule has 0 spiro atoms. The molecule has 0 atom stereocenters. The molecule has 0 aliphatic heterocycles. The maximum atomic E-state index is 12.5. The molecule has 1 aliphatic carbocycles. The minimum Gasteiger partial charge on any atom is -0.326 e. The van der Waals surface area contributed by atoms with Crippen molar-refractivity contribution in [2.75, 3.05) is 24.8 Å². The Morgan fingerprint density at radius 1 is 1.30 bits per heavy atom. The van der Waals surface area contributed by atoms with E-state index in [-0.39, 0.29) is 17.4 Å². The van der Waals surface area contributed by atoms with Crippen molar-refractivity contribution in [3.63, 3.8) is 0 Å². The number of carbonyl (C=O) groups is 1. The number of pyridine rings is 1. The number of carbonyl (C=O) groups excluding carboxylic acids is 1. The minimum atomic E-state index is -0.153. The molecule has 1 aromatic rings. The summed E-state index contributed by atoms with van der Waals surface area (Å²) in [7, 11) is 3.79. The molecule has 1 aromatic heterocycles. The molecule has 2 rings (SSSR count). The number of nitrogens with zero attached hydrogens (tertiary/aromatic N) is 2. The van der Waals surface area contributed by atoms with Crippen LogP contribution in [0.25, 0.3) is 0 Å². The molecule has 23 heavy (non-hydrogen) atoms. The number of amides is 1. The normalized spacial score (nSPS) is 22.0. The number of hydrazine groups is 1. The third kappa shape index (κ3) is 5.18. The molecule has 1 aliphatic rings. The lowest BCUT2D eigenvalue weighted by molar-refractivity contribution is -0.121. The molecule has 4 N–H and O–H groups in total. The summed E-state index contributed by atoms with van der Waals surface area (Å²) in [5.41, 5.74) is 9.89. The zero-order chi connectivity index (χ0) is 17.0. The van der Waals surface area contributed by atoms with E-state index >= 15 is 0 Å². The SMILES string of the molecule is CN(C)Nc1cc(NC(=O)C2CCC(C(C)(C)N)CC2)ccn1. The van der Waals surface area contributed by atoms with Gasteiger partial charge in [-0.2, -0.15) is 0 Å². The Bertz CT molecular complexity index is 530. The van der Waals surface area contributed by atoms with Gasteiger partial charge in [0.1, 0.15) is 5.82 Å². The fraction of sp³-hybridized carbons (Fsp3) is 0.647. The van der Waals surface area contributed by atoms with Gasteiger partial charge < -0.3 is 16.5 Å². The van der Waals surface area contributed by atoms with Crippen LogP contribution in [0, 0.1) is 11.8 Å². The number of nitrogens with one attached hydrogen (secondary N) is 2. The van der Waals surface area contributed by atoms with E-state index in [0.717, 1.165) is 31.4 Å².